The van der Waals surface area contributed by atoms with Gasteiger partial charge in [-0.05, 0) is 48.2 Å². The number of halogens is 2. The lowest BCUT2D eigenvalue weighted by Gasteiger charge is -2.31. The molecule has 0 aliphatic heterocycles. The summed E-state index contributed by atoms with van der Waals surface area (Å²) in [5, 5.41) is 3.98. The number of hydrogen-bond acceptors (Lipinski definition) is 2. The number of nitrogens with zero attached hydrogens (tertiary/aromatic N) is 2. The minimum absolute atomic E-state index is 0.0519. The zero-order valence-corrected chi connectivity index (χ0v) is 18.6. The number of carbonyl (C=O) groups excluding carboxylic acids is 1. The summed E-state index contributed by atoms with van der Waals surface area (Å²) in [5.41, 5.74) is 1.51. The number of imidazole rings is 1. The van der Waals surface area contributed by atoms with E-state index in [-0.39, 0.29) is 11.9 Å². The third-order valence-electron chi connectivity index (χ3n) is 5.86. The zero-order chi connectivity index (χ0) is 20.4. The lowest BCUT2D eigenvalue weighted by atomic mass is 9.77. The highest BCUT2D eigenvalue weighted by atomic mass is 79.9. The Morgan fingerprint density at radius 2 is 1.93 bits per heavy atom. The quantitative estimate of drug-likeness (QED) is 0.529. The Bertz CT molecular complexity index is 1010. The standard InChI is InChI=1S/C23H23BrClN3O/c1-28-14-13-26-21(28)20(16-7-9-19(25)10-8-16)27-22(29)23(11-2-3-12-23)17-5-4-6-18(24)15-17/h4-10,13-15,20H,2-3,11-12H2,1H3,(H,27,29)/t20-/m0/s1. The second-order valence-electron chi connectivity index (χ2n) is 7.65. The number of benzene rings is 2. The van der Waals surface area contributed by atoms with Gasteiger partial charge in [0.05, 0.1) is 5.41 Å². The van der Waals surface area contributed by atoms with E-state index in [9.17, 15) is 4.79 Å². The van der Waals surface area contributed by atoms with Crippen LogP contribution in [-0.4, -0.2) is 15.5 Å². The van der Waals surface area contributed by atoms with Crippen molar-refractivity contribution in [2.24, 2.45) is 7.05 Å². The summed E-state index contributed by atoms with van der Waals surface area (Å²) in [4.78, 5) is 18.3. The van der Waals surface area contributed by atoms with Crippen LogP contribution in [-0.2, 0) is 17.3 Å². The van der Waals surface area contributed by atoms with Crippen molar-refractivity contribution in [3.8, 4) is 0 Å². The molecule has 3 aromatic rings. The predicted octanol–water partition coefficient (Wildman–Crippen LogP) is 5.55. The van der Waals surface area contributed by atoms with Crippen molar-refractivity contribution in [3.05, 3.63) is 87.4 Å². The van der Waals surface area contributed by atoms with Gasteiger partial charge in [0.15, 0.2) is 0 Å². The van der Waals surface area contributed by atoms with Gasteiger partial charge in [-0.2, -0.15) is 0 Å². The molecule has 4 nitrogen and oxygen atoms in total. The Kier molecular flexibility index (Phi) is 5.79. The first kappa shape index (κ1) is 20.2. The first-order valence-corrected chi connectivity index (χ1v) is 11.0. The maximum absolute atomic E-state index is 13.7. The summed E-state index contributed by atoms with van der Waals surface area (Å²) in [5.74, 6) is 0.846. The van der Waals surface area contributed by atoms with Gasteiger partial charge in [-0.1, -0.05) is 64.6 Å². The van der Waals surface area contributed by atoms with Crippen molar-refractivity contribution in [1.82, 2.24) is 14.9 Å². The average molecular weight is 473 g/mol. The Morgan fingerprint density at radius 1 is 1.21 bits per heavy atom. The van der Waals surface area contributed by atoms with Gasteiger partial charge < -0.3 is 9.88 Å². The van der Waals surface area contributed by atoms with Gasteiger partial charge in [0, 0.05) is 28.9 Å². The third-order valence-corrected chi connectivity index (χ3v) is 6.61. The van der Waals surface area contributed by atoms with Gasteiger partial charge in [0.25, 0.3) is 0 Å². The number of aryl methyl sites for hydroxylation is 1. The Hall–Kier alpha value is -2.11. The maximum atomic E-state index is 13.7. The van der Waals surface area contributed by atoms with Crippen molar-refractivity contribution in [2.45, 2.75) is 37.1 Å². The van der Waals surface area contributed by atoms with Crippen LogP contribution in [0.5, 0.6) is 0 Å². The predicted molar refractivity (Wildman–Crippen MR) is 119 cm³/mol. The molecule has 1 amide bonds. The second kappa shape index (κ2) is 8.33. The molecule has 2 aromatic carbocycles. The van der Waals surface area contributed by atoms with Gasteiger partial charge >= 0.3 is 0 Å². The van der Waals surface area contributed by atoms with Crippen LogP contribution in [0.4, 0.5) is 0 Å². The van der Waals surface area contributed by atoms with Crippen molar-refractivity contribution in [2.75, 3.05) is 0 Å². The molecule has 1 fully saturated rings. The molecular weight excluding hydrogens is 450 g/mol. The number of rotatable bonds is 5. The molecule has 0 spiro atoms. The largest absolute Gasteiger partial charge is 0.341 e. The van der Waals surface area contributed by atoms with E-state index in [1.165, 1.54) is 0 Å². The average Bonchev–Trinajstić information content (AvgIpc) is 3.37. The smallest absolute Gasteiger partial charge is 0.231 e. The molecule has 1 aromatic heterocycles. The Balaban J connectivity index is 1.72. The van der Waals surface area contributed by atoms with E-state index in [1.54, 1.807) is 6.20 Å². The lowest BCUT2D eigenvalue weighted by Crippen LogP contribution is -2.44. The molecule has 1 aliphatic rings. The lowest BCUT2D eigenvalue weighted by molar-refractivity contribution is -0.127. The van der Waals surface area contributed by atoms with Crippen LogP contribution >= 0.6 is 27.5 Å². The minimum Gasteiger partial charge on any atom is -0.341 e. The molecule has 1 N–H and O–H groups in total. The molecular formula is C23H23BrClN3O. The van der Waals surface area contributed by atoms with Gasteiger partial charge in [0.1, 0.15) is 11.9 Å². The monoisotopic (exact) mass is 471 g/mol. The number of aromatic nitrogens is 2. The summed E-state index contributed by atoms with van der Waals surface area (Å²) in [6.45, 7) is 0. The Labute approximate surface area is 184 Å². The fraction of sp³-hybridized carbons (Fsp3) is 0.304. The topological polar surface area (TPSA) is 46.9 Å². The van der Waals surface area contributed by atoms with E-state index < -0.39 is 5.41 Å². The first-order chi connectivity index (χ1) is 14.0. The maximum Gasteiger partial charge on any atom is 0.231 e. The van der Waals surface area contributed by atoms with Gasteiger partial charge in [0.2, 0.25) is 5.91 Å². The summed E-state index contributed by atoms with van der Waals surface area (Å²) >= 11 is 9.65. The summed E-state index contributed by atoms with van der Waals surface area (Å²) in [6, 6.07) is 15.4. The minimum atomic E-state index is -0.514. The van der Waals surface area contributed by atoms with Crippen LogP contribution in [0, 0.1) is 0 Å². The van der Waals surface area contributed by atoms with Crippen molar-refractivity contribution in [3.63, 3.8) is 0 Å². The Morgan fingerprint density at radius 3 is 2.55 bits per heavy atom. The van der Waals surface area contributed by atoms with Crippen LogP contribution in [0.25, 0.3) is 0 Å². The van der Waals surface area contributed by atoms with E-state index >= 15 is 0 Å². The van der Waals surface area contributed by atoms with Crippen molar-refractivity contribution < 1.29 is 4.79 Å². The molecule has 0 unspecified atom stereocenters. The van der Waals surface area contributed by atoms with E-state index in [2.05, 4.69) is 38.4 Å². The van der Waals surface area contributed by atoms with Crippen LogP contribution in [0.2, 0.25) is 5.02 Å². The molecule has 0 bridgehead atoms. The van der Waals surface area contributed by atoms with Crippen molar-refractivity contribution in [1.29, 1.82) is 0 Å². The highest BCUT2D eigenvalue weighted by Gasteiger charge is 2.43. The molecule has 6 heteroatoms. The first-order valence-electron chi connectivity index (χ1n) is 9.79. The van der Waals surface area contributed by atoms with Crippen LogP contribution in [0.1, 0.15) is 48.7 Å². The highest BCUT2D eigenvalue weighted by Crippen LogP contribution is 2.42. The molecule has 0 radical (unpaired) electrons. The number of nitrogens with one attached hydrogen (secondary N) is 1. The van der Waals surface area contributed by atoms with Crippen LogP contribution in [0.3, 0.4) is 0 Å². The molecule has 1 aliphatic carbocycles. The van der Waals surface area contributed by atoms with E-state index in [0.717, 1.165) is 47.1 Å². The van der Waals surface area contributed by atoms with Crippen LogP contribution < -0.4 is 5.32 Å². The molecule has 0 saturated heterocycles. The van der Waals surface area contributed by atoms with E-state index in [1.807, 2.05) is 54.2 Å². The molecule has 1 atom stereocenters. The summed E-state index contributed by atoms with van der Waals surface area (Å²) in [6.07, 6.45) is 7.45. The second-order valence-corrected chi connectivity index (χ2v) is 9.01. The third kappa shape index (κ3) is 3.99. The van der Waals surface area contributed by atoms with Gasteiger partial charge in [-0.15, -0.1) is 0 Å². The summed E-state index contributed by atoms with van der Waals surface area (Å²) < 4.78 is 2.94. The number of carbonyl (C=O) groups is 1. The summed E-state index contributed by atoms with van der Waals surface area (Å²) in [7, 11) is 1.94. The van der Waals surface area contributed by atoms with E-state index in [4.69, 9.17) is 11.6 Å². The molecule has 1 heterocycles. The van der Waals surface area contributed by atoms with Gasteiger partial charge in [-0.3, -0.25) is 4.79 Å². The molecule has 1 saturated carbocycles. The van der Waals surface area contributed by atoms with Crippen LogP contribution in [0.15, 0.2) is 65.4 Å². The van der Waals surface area contributed by atoms with Gasteiger partial charge in [-0.25, -0.2) is 4.98 Å². The fourth-order valence-electron chi connectivity index (χ4n) is 4.29. The fourth-order valence-corrected chi connectivity index (χ4v) is 4.81. The van der Waals surface area contributed by atoms with E-state index in [0.29, 0.717) is 5.02 Å². The molecule has 150 valence electrons. The number of amides is 1. The van der Waals surface area contributed by atoms with Crippen molar-refractivity contribution >= 4 is 33.4 Å². The zero-order valence-electron chi connectivity index (χ0n) is 16.2. The normalized spacial score (nSPS) is 16.5. The molecule has 29 heavy (non-hydrogen) atoms. The SMILES string of the molecule is Cn1ccnc1[C@@H](NC(=O)C1(c2cccc(Br)c2)CCCC1)c1ccc(Cl)cc1. The molecule has 4 rings (SSSR count). The number of hydrogen-bond donors (Lipinski definition) is 1. The highest BCUT2D eigenvalue weighted by molar-refractivity contribution is 9.10.